The second-order valence-corrected chi connectivity index (χ2v) is 8.00. The Balaban J connectivity index is 1.83. The van der Waals surface area contributed by atoms with Gasteiger partial charge in [-0.25, -0.2) is 0 Å². The molecule has 3 aromatic rings. The van der Waals surface area contributed by atoms with Gasteiger partial charge in [0, 0.05) is 44.3 Å². The molecule has 1 N–H and O–H groups in total. The largest absolute Gasteiger partial charge is 0.507 e. The maximum absolute atomic E-state index is 13.1. The number of aliphatic hydroxyl groups excluding tert-OH is 1. The number of anilines is 1. The van der Waals surface area contributed by atoms with Crippen molar-refractivity contribution in [2.45, 2.75) is 12.6 Å². The van der Waals surface area contributed by atoms with Crippen molar-refractivity contribution in [2.75, 3.05) is 26.1 Å². The number of carbonyl (C=O) groups excluding carboxylic acids is 2. The van der Waals surface area contributed by atoms with Gasteiger partial charge >= 0.3 is 0 Å². The van der Waals surface area contributed by atoms with E-state index in [4.69, 9.17) is 4.74 Å². The zero-order chi connectivity index (χ0) is 23.5. The van der Waals surface area contributed by atoms with Gasteiger partial charge in [-0.15, -0.1) is 0 Å². The third-order valence-electron chi connectivity index (χ3n) is 5.73. The first-order valence-corrected chi connectivity index (χ1v) is 10.5. The molecule has 0 aliphatic carbocycles. The molecule has 1 atom stereocenters. The van der Waals surface area contributed by atoms with Crippen LogP contribution in [0.2, 0.25) is 0 Å². The number of aromatic nitrogens is 1. The molecule has 1 amide bonds. The summed E-state index contributed by atoms with van der Waals surface area (Å²) in [5.74, 6) is -0.946. The number of hydrogen-bond acceptors (Lipinski definition) is 6. The van der Waals surface area contributed by atoms with E-state index < -0.39 is 17.7 Å². The van der Waals surface area contributed by atoms with Gasteiger partial charge < -0.3 is 19.6 Å². The minimum Gasteiger partial charge on any atom is -0.507 e. The molecule has 7 nitrogen and oxygen atoms in total. The maximum Gasteiger partial charge on any atom is 0.295 e. The van der Waals surface area contributed by atoms with Crippen LogP contribution in [0.3, 0.4) is 0 Å². The van der Waals surface area contributed by atoms with E-state index in [0.29, 0.717) is 11.3 Å². The molecule has 7 heteroatoms. The lowest BCUT2D eigenvalue weighted by atomic mass is 9.95. The fourth-order valence-corrected chi connectivity index (χ4v) is 3.93. The van der Waals surface area contributed by atoms with Crippen molar-refractivity contribution in [3.05, 3.63) is 95.3 Å². The number of amides is 1. The second-order valence-electron chi connectivity index (χ2n) is 8.00. The Bertz CT molecular complexity index is 1190. The normalized spacial score (nSPS) is 17.3. The monoisotopic (exact) mass is 443 g/mol. The first-order chi connectivity index (χ1) is 15.9. The minimum absolute atomic E-state index is 0.0665. The van der Waals surface area contributed by atoms with Gasteiger partial charge in [-0.05, 0) is 59.7 Å². The molecule has 1 saturated heterocycles. The molecule has 1 aliphatic heterocycles. The van der Waals surface area contributed by atoms with Gasteiger partial charge in [0.25, 0.3) is 11.7 Å². The number of likely N-dealkylation sites (tertiary alicyclic amines) is 1. The number of ketones is 1. The van der Waals surface area contributed by atoms with E-state index in [1.165, 1.54) is 4.90 Å². The first-order valence-electron chi connectivity index (χ1n) is 10.5. The quantitative estimate of drug-likeness (QED) is 0.355. The van der Waals surface area contributed by atoms with Crippen LogP contribution in [-0.2, 0) is 16.1 Å². The lowest BCUT2D eigenvalue weighted by Gasteiger charge is -2.26. The predicted molar refractivity (Wildman–Crippen MR) is 126 cm³/mol. The molecule has 1 aliphatic rings. The Labute approximate surface area is 192 Å². The number of methoxy groups -OCH3 is 1. The van der Waals surface area contributed by atoms with Gasteiger partial charge in [0.15, 0.2) is 0 Å². The maximum atomic E-state index is 13.1. The topological polar surface area (TPSA) is 83.0 Å². The van der Waals surface area contributed by atoms with Crippen LogP contribution < -0.4 is 9.64 Å². The summed E-state index contributed by atoms with van der Waals surface area (Å²) >= 11 is 0. The molecule has 0 radical (unpaired) electrons. The van der Waals surface area contributed by atoms with Gasteiger partial charge in [0.2, 0.25) is 0 Å². The lowest BCUT2D eigenvalue weighted by Crippen LogP contribution is -2.29. The summed E-state index contributed by atoms with van der Waals surface area (Å²) in [7, 11) is 5.43. The first kappa shape index (κ1) is 22.1. The molecular formula is C26H25N3O4. The van der Waals surface area contributed by atoms with Crippen LogP contribution in [0.4, 0.5) is 5.69 Å². The van der Waals surface area contributed by atoms with E-state index >= 15 is 0 Å². The molecule has 33 heavy (non-hydrogen) atoms. The van der Waals surface area contributed by atoms with Crippen LogP contribution in [0.1, 0.15) is 22.7 Å². The Morgan fingerprint density at radius 1 is 1.00 bits per heavy atom. The van der Waals surface area contributed by atoms with Crippen LogP contribution in [0.15, 0.2) is 78.6 Å². The van der Waals surface area contributed by atoms with E-state index in [9.17, 15) is 14.7 Å². The molecule has 1 fully saturated rings. The van der Waals surface area contributed by atoms with Gasteiger partial charge in [0.1, 0.15) is 11.5 Å². The summed E-state index contributed by atoms with van der Waals surface area (Å²) in [6, 6.07) is 17.2. The highest BCUT2D eigenvalue weighted by Crippen LogP contribution is 2.40. The number of nitrogens with zero attached hydrogens (tertiary/aromatic N) is 3. The zero-order valence-corrected chi connectivity index (χ0v) is 18.7. The van der Waals surface area contributed by atoms with Crippen molar-refractivity contribution < 1.29 is 19.4 Å². The van der Waals surface area contributed by atoms with Crippen molar-refractivity contribution in [1.29, 1.82) is 0 Å². The molecule has 1 aromatic heterocycles. The van der Waals surface area contributed by atoms with Gasteiger partial charge in [-0.1, -0.05) is 12.1 Å². The number of ether oxygens (including phenoxy) is 1. The molecule has 0 saturated carbocycles. The third kappa shape index (κ3) is 4.30. The summed E-state index contributed by atoms with van der Waals surface area (Å²) in [5, 5.41) is 11.2. The highest BCUT2D eigenvalue weighted by atomic mass is 16.5. The molecule has 0 bridgehead atoms. The standard InChI is InChI=1S/C26H25N3O4/c1-28(2)20-8-4-18(5-9-20)23-22(24(30)19-6-10-21(33-3)11-7-19)25(31)26(32)29(23)16-17-12-14-27-15-13-17/h4-15,23,30H,16H2,1-3H3/t23-/m0/s1. The summed E-state index contributed by atoms with van der Waals surface area (Å²) < 4.78 is 5.18. The number of carbonyl (C=O) groups is 2. The second kappa shape index (κ2) is 9.16. The van der Waals surface area contributed by atoms with E-state index in [0.717, 1.165) is 16.8 Å². The molecule has 2 heterocycles. The molecule has 0 spiro atoms. The van der Waals surface area contributed by atoms with E-state index in [1.54, 1.807) is 55.9 Å². The summed E-state index contributed by atoms with van der Waals surface area (Å²) in [5.41, 5.74) is 3.07. The number of Topliss-reactive ketones (excluding diaryl/α,β-unsaturated/α-hetero) is 1. The summed E-state index contributed by atoms with van der Waals surface area (Å²) in [6.45, 7) is 0.215. The lowest BCUT2D eigenvalue weighted by molar-refractivity contribution is -0.140. The Morgan fingerprint density at radius 3 is 2.21 bits per heavy atom. The molecule has 4 rings (SSSR count). The van der Waals surface area contributed by atoms with Crippen LogP contribution in [0.5, 0.6) is 5.75 Å². The Morgan fingerprint density at radius 2 is 1.64 bits per heavy atom. The smallest absolute Gasteiger partial charge is 0.295 e. The Hall–Kier alpha value is -4.13. The Kier molecular flexibility index (Phi) is 6.13. The number of benzene rings is 2. The van der Waals surface area contributed by atoms with Crippen LogP contribution in [0, 0.1) is 0 Å². The zero-order valence-electron chi connectivity index (χ0n) is 18.7. The molecular weight excluding hydrogens is 418 g/mol. The van der Waals surface area contributed by atoms with E-state index in [1.807, 2.05) is 43.3 Å². The summed E-state index contributed by atoms with van der Waals surface area (Å²) in [4.78, 5) is 33.7. The number of hydrogen-bond donors (Lipinski definition) is 1. The number of rotatable bonds is 6. The number of pyridine rings is 1. The van der Waals surface area contributed by atoms with Gasteiger partial charge in [-0.2, -0.15) is 0 Å². The van der Waals surface area contributed by atoms with E-state index in [2.05, 4.69) is 4.98 Å². The van der Waals surface area contributed by atoms with Crippen molar-refractivity contribution in [3.8, 4) is 5.75 Å². The fourth-order valence-electron chi connectivity index (χ4n) is 3.93. The predicted octanol–water partition coefficient (Wildman–Crippen LogP) is 3.78. The highest BCUT2D eigenvalue weighted by Gasteiger charge is 2.46. The van der Waals surface area contributed by atoms with Crippen molar-refractivity contribution in [2.24, 2.45) is 0 Å². The summed E-state index contributed by atoms with van der Waals surface area (Å²) in [6.07, 6.45) is 3.29. The van der Waals surface area contributed by atoms with Crippen LogP contribution in [-0.4, -0.2) is 47.9 Å². The fraction of sp³-hybridized carbons (Fsp3) is 0.192. The molecule has 168 valence electrons. The van der Waals surface area contributed by atoms with Crippen molar-refractivity contribution >= 4 is 23.1 Å². The van der Waals surface area contributed by atoms with E-state index in [-0.39, 0.29) is 17.9 Å². The van der Waals surface area contributed by atoms with Crippen LogP contribution in [0.25, 0.3) is 5.76 Å². The average Bonchev–Trinajstić information content (AvgIpc) is 3.09. The molecule has 0 unspecified atom stereocenters. The third-order valence-corrected chi connectivity index (χ3v) is 5.73. The van der Waals surface area contributed by atoms with Crippen molar-refractivity contribution in [3.63, 3.8) is 0 Å². The molecule has 2 aromatic carbocycles. The average molecular weight is 444 g/mol. The van der Waals surface area contributed by atoms with Crippen LogP contribution >= 0.6 is 0 Å². The number of aliphatic hydroxyl groups is 1. The SMILES string of the molecule is COc1ccc(C(O)=C2C(=O)C(=O)N(Cc3ccncc3)[C@H]2c2ccc(N(C)C)cc2)cc1. The highest BCUT2D eigenvalue weighted by molar-refractivity contribution is 6.46. The van der Waals surface area contributed by atoms with Crippen molar-refractivity contribution in [1.82, 2.24) is 9.88 Å². The van der Waals surface area contributed by atoms with Gasteiger partial charge in [0.05, 0.1) is 18.7 Å². The van der Waals surface area contributed by atoms with Gasteiger partial charge in [-0.3, -0.25) is 14.6 Å². The minimum atomic E-state index is -0.725.